The van der Waals surface area contributed by atoms with Crippen molar-refractivity contribution >= 4 is 43.5 Å². The van der Waals surface area contributed by atoms with Gasteiger partial charge in [0.2, 0.25) is 11.8 Å². The van der Waals surface area contributed by atoms with Gasteiger partial charge in [0.15, 0.2) is 0 Å². The molecule has 0 fully saturated rings. The molecule has 9 heteroatoms. The van der Waals surface area contributed by atoms with E-state index in [9.17, 15) is 18.0 Å². The molecule has 0 radical (unpaired) electrons. The molecule has 0 saturated heterocycles. The summed E-state index contributed by atoms with van der Waals surface area (Å²) in [6, 6.07) is 21.8. The number of sulfonamides is 1. The Bertz CT molecular complexity index is 1330. The van der Waals surface area contributed by atoms with Gasteiger partial charge in [-0.25, -0.2) is 8.42 Å². The van der Waals surface area contributed by atoms with Crippen molar-refractivity contribution in [2.45, 2.75) is 45.2 Å². The lowest BCUT2D eigenvalue weighted by Crippen LogP contribution is -2.51. The maximum atomic E-state index is 13.8. The maximum Gasteiger partial charge on any atom is 0.264 e. The van der Waals surface area contributed by atoms with E-state index in [0.717, 1.165) is 19.9 Å². The lowest BCUT2D eigenvalue weighted by Gasteiger charge is -2.32. The summed E-state index contributed by atoms with van der Waals surface area (Å²) in [6.45, 7) is 7.69. The second-order valence-electron chi connectivity index (χ2n) is 9.62. The topological polar surface area (TPSA) is 86.8 Å². The van der Waals surface area contributed by atoms with E-state index in [1.807, 2.05) is 51.1 Å². The molecule has 0 aliphatic heterocycles. The van der Waals surface area contributed by atoms with Crippen molar-refractivity contribution in [3.05, 3.63) is 94.5 Å². The standard InChI is InChI=1S/C29H34BrN3O4S/c1-21(2)18-31-29(35)23(4)32(19-24-8-6-5-7-9-24)28(34)20-33(26-14-12-25(30)13-15-26)38(36,37)27-16-10-22(3)11-17-27/h5-17,21,23H,18-20H2,1-4H3,(H,31,35). The molecule has 3 rings (SSSR count). The van der Waals surface area contributed by atoms with Crippen molar-refractivity contribution in [3.63, 3.8) is 0 Å². The number of hydrogen-bond acceptors (Lipinski definition) is 4. The summed E-state index contributed by atoms with van der Waals surface area (Å²) < 4.78 is 29.5. The summed E-state index contributed by atoms with van der Waals surface area (Å²) >= 11 is 3.38. The van der Waals surface area contributed by atoms with Crippen LogP contribution < -0.4 is 9.62 Å². The molecule has 7 nitrogen and oxygen atoms in total. The molecule has 0 aliphatic carbocycles. The third-order valence-electron chi connectivity index (χ3n) is 6.05. The Balaban J connectivity index is 1.99. The number of carbonyl (C=O) groups excluding carboxylic acids is 2. The molecule has 2 amide bonds. The van der Waals surface area contributed by atoms with Crippen LogP contribution in [-0.2, 0) is 26.2 Å². The van der Waals surface area contributed by atoms with Crippen LogP contribution in [0, 0.1) is 12.8 Å². The lowest BCUT2D eigenvalue weighted by molar-refractivity contribution is -0.139. The monoisotopic (exact) mass is 599 g/mol. The zero-order valence-corrected chi connectivity index (χ0v) is 24.5. The second-order valence-corrected chi connectivity index (χ2v) is 12.4. The van der Waals surface area contributed by atoms with Crippen molar-refractivity contribution in [2.24, 2.45) is 5.92 Å². The zero-order valence-electron chi connectivity index (χ0n) is 22.1. The van der Waals surface area contributed by atoms with Gasteiger partial charge in [-0.2, -0.15) is 0 Å². The fraction of sp³-hybridized carbons (Fsp3) is 0.310. The van der Waals surface area contributed by atoms with Crippen LogP contribution in [0.5, 0.6) is 0 Å². The highest BCUT2D eigenvalue weighted by Crippen LogP contribution is 2.26. The Labute approximate surface area is 234 Å². The molecule has 3 aromatic carbocycles. The minimum atomic E-state index is -4.08. The molecule has 202 valence electrons. The molecular formula is C29H34BrN3O4S. The summed E-state index contributed by atoms with van der Waals surface area (Å²) in [5.74, 6) is -0.531. The molecule has 3 aromatic rings. The average molecular weight is 601 g/mol. The van der Waals surface area contributed by atoms with E-state index >= 15 is 0 Å². The average Bonchev–Trinajstić information content (AvgIpc) is 2.89. The van der Waals surface area contributed by atoms with E-state index in [1.54, 1.807) is 43.3 Å². The van der Waals surface area contributed by atoms with Gasteiger partial charge in [0.25, 0.3) is 10.0 Å². The van der Waals surface area contributed by atoms with E-state index in [4.69, 9.17) is 0 Å². The number of amides is 2. The first-order chi connectivity index (χ1) is 18.0. The van der Waals surface area contributed by atoms with Gasteiger partial charge in [-0.1, -0.05) is 77.8 Å². The third-order valence-corrected chi connectivity index (χ3v) is 8.37. The number of nitrogens with zero attached hydrogens (tertiary/aromatic N) is 2. The fourth-order valence-corrected chi connectivity index (χ4v) is 5.47. The summed E-state index contributed by atoms with van der Waals surface area (Å²) in [4.78, 5) is 28.3. The van der Waals surface area contributed by atoms with Crippen LogP contribution in [0.1, 0.15) is 31.9 Å². The Morgan fingerprint density at radius 2 is 1.50 bits per heavy atom. The SMILES string of the molecule is Cc1ccc(S(=O)(=O)N(CC(=O)N(Cc2ccccc2)C(C)C(=O)NCC(C)C)c2ccc(Br)cc2)cc1. The molecule has 0 aliphatic rings. The van der Waals surface area contributed by atoms with Gasteiger partial charge >= 0.3 is 0 Å². The molecule has 0 spiro atoms. The Morgan fingerprint density at radius 1 is 0.895 bits per heavy atom. The quantitative estimate of drug-likeness (QED) is 0.330. The van der Waals surface area contributed by atoms with Crippen LogP contribution in [0.15, 0.2) is 88.2 Å². The van der Waals surface area contributed by atoms with Crippen molar-refractivity contribution in [2.75, 3.05) is 17.4 Å². The molecule has 0 bridgehead atoms. The number of aryl methyl sites for hydroxylation is 1. The van der Waals surface area contributed by atoms with Crippen molar-refractivity contribution < 1.29 is 18.0 Å². The molecular weight excluding hydrogens is 566 g/mol. The van der Waals surface area contributed by atoms with Crippen LogP contribution in [0.2, 0.25) is 0 Å². The number of nitrogens with one attached hydrogen (secondary N) is 1. The van der Waals surface area contributed by atoms with Gasteiger partial charge in [-0.15, -0.1) is 0 Å². The van der Waals surface area contributed by atoms with Crippen LogP contribution in [0.4, 0.5) is 5.69 Å². The number of carbonyl (C=O) groups is 2. The second kappa shape index (κ2) is 13.1. The largest absolute Gasteiger partial charge is 0.354 e. The Hall–Kier alpha value is -3.17. The highest BCUT2D eigenvalue weighted by molar-refractivity contribution is 9.10. The van der Waals surface area contributed by atoms with Gasteiger partial charge in [-0.3, -0.25) is 13.9 Å². The first kappa shape index (κ1) is 29.4. The van der Waals surface area contributed by atoms with E-state index < -0.39 is 28.5 Å². The Kier molecular flexibility index (Phi) is 10.1. The molecule has 0 saturated carbocycles. The molecule has 38 heavy (non-hydrogen) atoms. The minimum Gasteiger partial charge on any atom is -0.354 e. The normalized spacial score (nSPS) is 12.2. The van der Waals surface area contributed by atoms with Gasteiger partial charge in [0, 0.05) is 17.6 Å². The smallest absolute Gasteiger partial charge is 0.264 e. The first-order valence-electron chi connectivity index (χ1n) is 12.4. The van der Waals surface area contributed by atoms with Crippen LogP contribution in [0.25, 0.3) is 0 Å². The highest BCUT2D eigenvalue weighted by Gasteiger charge is 2.32. The highest BCUT2D eigenvalue weighted by atomic mass is 79.9. The fourth-order valence-electron chi connectivity index (χ4n) is 3.79. The van der Waals surface area contributed by atoms with Gasteiger partial charge < -0.3 is 10.2 Å². The number of benzene rings is 3. The van der Waals surface area contributed by atoms with Gasteiger partial charge in [0.05, 0.1) is 10.6 Å². The van der Waals surface area contributed by atoms with Crippen molar-refractivity contribution in [1.82, 2.24) is 10.2 Å². The lowest BCUT2D eigenvalue weighted by atomic mass is 10.1. The molecule has 1 atom stereocenters. The molecule has 1 unspecified atom stereocenters. The summed E-state index contributed by atoms with van der Waals surface area (Å²) in [6.07, 6.45) is 0. The predicted octanol–water partition coefficient (Wildman–Crippen LogP) is 5.14. The summed E-state index contributed by atoms with van der Waals surface area (Å²) in [5.41, 5.74) is 2.10. The van der Waals surface area contributed by atoms with Gasteiger partial charge in [-0.05, 0) is 61.7 Å². The number of anilines is 1. The van der Waals surface area contributed by atoms with E-state index in [2.05, 4.69) is 21.2 Å². The van der Waals surface area contributed by atoms with Crippen LogP contribution in [-0.4, -0.2) is 44.3 Å². The van der Waals surface area contributed by atoms with Crippen LogP contribution in [0.3, 0.4) is 0 Å². The number of halogens is 1. The molecule has 0 heterocycles. The van der Waals surface area contributed by atoms with Crippen molar-refractivity contribution in [3.8, 4) is 0 Å². The summed E-state index contributed by atoms with van der Waals surface area (Å²) in [5, 5.41) is 2.89. The van der Waals surface area contributed by atoms with E-state index in [1.165, 1.54) is 17.0 Å². The third kappa shape index (κ3) is 7.68. The Morgan fingerprint density at radius 3 is 2.08 bits per heavy atom. The van der Waals surface area contributed by atoms with Crippen LogP contribution >= 0.6 is 15.9 Å². The van der Waals surface area contributed by atoms with E-state index in [-0.39, 0.29) is 23.3 Å². The maximum absolute atomic E-state index is 13.8. The number of rotatable bonds is 11. The molecule has 0 aromatic heterocycles. The first-order valence-corrected chi connectivity index (χ1v) is 14.7. The van der Waals surface area contributed by atoms with E-state index in [0.29, 0.717) is 12.2 Å². The predicted molar refractivity (Wildman–Crippen MR) is 154 cm³/mol. The summed E-state index contributed by atoms with van der Waals surface area (Å²) in [7, 11) is -4.08. The van der Waals surface area contributed by atoms with Crippen molar-refractivity contribution in [1.29, 1.82) is 0 Å². The van der Waals surface area contributed by atoms with Gasteiger partial charge in [0.1, 0.15) is 12.6 Å². The zero-order chi connectivity index (χ0) is 27.9. The number of hydrogen-bond donors (Lipinski definition) is 1. The molecule has 1 N–H and O–H groups in total. The minimum absolute atomic E-state index is 0.0798.